The molecule has 2 rings (SSSR count). The van der Waals surface area contributed by atoms with Crippen LogP contribution >= 0.6 is 24.0 Å². The van der Waals surface area contributed by atoms with Crippen molar-refractivity contribution in [3.8, 4) is 0 Å². The van der Waals surface area contributed by atoms with E-state index >= 15 is 0 Å². The van der Waals surface area contributed by atoms with Gasteiger partial charge in [0, 0.05) is 19.6 Å². The molecule has 0 aliphatic carbocycles. The average molecular weight is 453 g/mol. The normalized spacial score (nSPS) is 21.3. The van der Waals surface area contributed by atoms with Gasteiger partial charge in [-0.15, -0.1) is 24.0 Å². The van der Waals surface area contributed by atoms with Gasteiger partial charge >= 0.3 is 0 Å². The smallest absolute Gasteiger partial charge is 0.194 e. The van der Waals surface area contributed by atoms with Crippen molar-refractivity contribution >= 4 is 29.9 Å². The number of aliphatic imine (C=N–C) groups is 1. The van der Waals surface area contributed by atoms with E-state index in [2.05, 4.69) is 15.2 Å². The maximum absolute atomic E-state index is 13.1. The zero-order valence-electron chi connectivity index (χ0n) is 14.2. The average Bonchev–Trinajstić information content (AvgIpc) is 2.54. The van der Waals surface area contributed by atoms with Crippen LogP contribution in [-0.2, 0) is 4.74 Å². The van der Waals surface area contributed by atoms with E-state index in [4.69, 9.17) is 4.74 Å². The maximum atomic E-state index is 13.1. The highest BCUT2D eigenvalue weighted by Gasteiger charge is 2.28. The molecule has 0 aromatic heterocycles. The van der Waals surface area contributed by atoms with Gasteiger partial charge in [-0.25, -0.2) is 4.39 Å². The van der Waals surface area contributed by atoms with Gasteiger partial charge in [-0.3, -0.25) is 9.38 Å². The first kappa shape index (κ1) is 21.1. The molecule has 1 N–H and O–H groups in total. The number of alkyl halides is 1. The van der Waals surface area contributed by atoms with Crippen LogP contribution in [0.25, 0.3) is 0 Å². The first-order valence-electron chi connectivity index (χ1n) is 8.14. The third-order valence-corrected chi connectivity index (χ3v) is 3.69. The van der Waals surface area contributed by atoms with Crippen molar-refractivity contribution in [2.24, 2.45) is 4.99 Å². The SMILES string of the molecule is CCNC(=NCCCF)N1CC(C)OC(c2ccc(F)cc2)C1.I. The third kappa shape index (κ3) is 6.16. The number of benzene rings is 1. The van der Waals surface area contributed by atoms with Gasteiger partial charge < -0.3 is 15.0 Å². The Kier molecular flexibility index (Phi) is 9.50. The van der Waals surface area contributed by atoms with E-state index in [9.17, 15) is 8.78 Å². The highest BCUT2D eigenvalue weighted by molar-refractivity contribution is 14.0. The summed E-state index contributed by atoms with van der Waals surface area (Å²) < 4.78 is 31.4. The lowest BCUT2D eigenvalue weighted by Gasteiger charge is -2.38. The molecule has 136 valence electrons. The standard InChI is InChI=1S/C17H25F2N3O.HI/c1-3-20-17(21-10-4-9-18)22-11-13(2)23-16(12-22)14-5-7-15(19)8-6-14;/h5-8,13,16H,3-4,9-12H2,1-2H3,(H,20,21);1H. The summed E-state index contributed by atoms with van der Waals surface area (Å²) in [5.41, 5.74) is 0.947. The maximum Gasteiger partial charge on any atom is 0.194 e. The molecule has 0 bridgehead atoms. The first-order valence-corrected chi connectivity index (χ1v) is 8.14. The summed E-state index contributed by atoms with van der Waals surface area (Å²) in [6, 6.07) is 6.40. The fraction of sp³-hybridized carbons (Fsp3) is 0.588. The Hall–Kier alpha value is -0.960. The summed E-state index contributed by atoms with van der Waals surface area (Å²) in [5.74, 6) is 0.527. The quantitative estimate of drug-likeness (QED) is 0.321. The second-order valence-corrected chi connectivity index (χ2v) is 5.67. The highest BCUT2D eigenvalue weighted by Crippen LogP contribution is 2.25. The van der Waals surface area contributed by atoms with Crippen LogP contribution in [-0.4, -0.2) is 49.8 Å². The number of hydrogen-bond acceptors (Lipinski definition) is 2. The molecule has 1 aromatic carbocycles. The molecule has 0 amide bonds. The lowest BCUT2D eigenvalue weighted by Crippen LogP contribution is -2.50. The molecule has 7 heteroatoms. The van der Waals surface area contributed by atoms with Crippen LogP contribution in [0, 0.1) is 5.82 Å². The number of nitrogens with zero attached hydrogens (tertiary/aromatic N) is 2. The predicted octanol–water partition coefficient (Wildman–Crippen LogP) is 3.53. The molecule has 0 spiro atoms. The minimum Gasteiger partial charge on any atom is -0.367 e. The largest absolute Gasteiger partial charge is 0.367 e. The van der Waals surface area contributed by atoms with Crippen LogP contribution < -0.4 is 5.32 Å². The first-order chi connectivity index (χ1) is 11.1. The molecule has 1 heterocycles. The van der Waals surface area contributed by atoms with Crippen molar-refractivity contribution in [3.05, 3.63) is 35.6 Å². The van der Waals surface area contributed by atoms with Crippen molar-refractivity contribution in [3.63, 3.8) is 0 Å². The Morgan fingerprint density at radius 3 is 2.67 bits per heavy atom. The van der Waals surface area contributed by atoms with Crippen molar-refractivity contribution in [2.45, 2.75) is 32.5 Å². The third-order valence-electron chi connectivity index (χ3n) is 3.69. The number of guanidine groups is 1. The minimum atomic E-state index is -0.360. The van der Waals surface area contributed by atoms with E-state index in [1.807, 2.05) is 13.8 Å². The number of rotatable bonds is 5. The summed E-state index contributed by atoms with van der Waals surface area (Å²) in [6.45, 7) is 6.23. The Labute approximate surface area is 159 Å². The van der Waals surface area contributed by atoms with Gasteiger partial charge in [-0.2, -0.15) is 0 Å². The van der Waals surface area contributed by atoms with E-state index in [1.165, 1.54) is 12.1 Å². The lowest BCUT2D eigenvalue weighted by atomic mass is 10.1. The second kappa shape index (κ2) is 10.8. The Morgan fingerprint density at radius 2 is 2.04 bits per heavy atom. The highest BCUT2D eigenvalue weighted by atomic mass is 127. The molecular formula is C17H26F2IN3O. The van der Waals surface area contributed by atoms with Crippen LogP contribution in [0.3, 0.4) is 0 Å². The summed E-state index contributed by atoms with van der Waals surface area (Å²) in [6.07, 6.45) is 0.323. The van der Waals surface area contributed by atoms with E-state index in [-0.39, 0.29) is 48.7 Å². The van der Waals surface area contributed by atoms with Crippen LogP contribution in [0.1, 0.15) is 31.9 Å². The molecule has 1 aliphatic heterocycles. The molecular weight excluding hydrogens is 427 g/mol. The van der Waals surface area contributed by atoms with Gasteiger partial charge in [0.25, 0.3) is 0 Å². The zero-order valence-corrected chi connectivity index (χ0v) is 16.5. The molecule has 0 saturated carbocycles. The number of ether oxygens (including phenoxy) is 1. The second-order valence-electron chi connectivity index (χ2n) is 5.67. The Bertz CT molecular complexity index is 513. The van der Waals surface area contributed by atoms with E-state index in [0.29, 0.717) is 19.5 Å². The van der Waals surface area contributed by atoms with Gasteiger partial charge in [0.2, 0.25) is 0 Å². The fourth-order valence-electron chi connectivity index (χ4n) is 2.66. The Morgan fingerprint density at radius 1 is 1.33 bits per heavy atom. The molecule has 1 aliphatic rings. The fourth-order valence-corrected chi connectivity index (χ4v) is 2.66. The van der Waals surface area contributed by atoms with Gasteiger partial charge in [0.1, 0.15) is 11.9 Å². The number of nitrogens with one attached hydrogen (secondary N) is 1. The number of morpholine rings is 1. The lowest BCUT2D eigenvalue weighted by molar-refractivity contribution is -0.0605. The molecule has 24 heavy (non-hydrogen) atoms. The monoisotopic (exact) mass is 453 g/mol. The predicted molar refractivity (Wildman–Crippen MR) is 103 cm³/mol. The van der Waals surface area contributed by atoms with Crippen LogP contribution in [0.15, 0.2) is 29.3 Å². The molecule has 2 atom stereocenters. The van der Waals surface area contributed by atoms with Crippen molar-refractivity contribution in [2.75, 3.05) is 32.9 Å². The molecule has 0 radical (unpaired) electrons. The molecule has 2 unspecified atom stereocenters. The van der Waals surface area contributed by atoms with Gasteiger partial charge in [-0.1, -0.05) is 12.1 Å². The molecule has 1 aromatic rings. The number of halogens is 3. The summed E-state index contributed by atoms with van der Waals surface area (Å²) in [7, 11) is 0. The zero-order chi connectivity index (χ0) is 16.7. The van der Waals surface area contributed by atoms with Gasteiger partial charge in [0.15, 0.2) is 5.96 Å². The van der Waals surface area contributed by atoms with Crippen molar-refractivity contribution in [1.29, 1.82) is 0 Å². The summed E-state index contributed by atoms with van der Waals surface area (Å²) in [5, 5.41) is 3.25. The van der Waals surface area contributed by atoms with Crippen LogP contribution in [0.5, 0.6) is 0 Å². The van der Waals surface area contributed by atoms with Crippen molar-refractivity contribution in [1.82, 2.24) is 10.2 Å². The van der Waals surface area contributed by atoms with Crippen LogP contribution in [0.2, 0.25) is 0 Å². The van der Waals surface area contributed by atoms with E-state index in [0.717, 1.165) is 24.6 Å². The van der Waals surface area contributed by atoms with Crippen LogP contribution in [0.4, 0.5) is 8.78 Å². The molecule has 1 saturated heterocycles. The Balaban J connectivity index is 0.00000288. The minimum absolute atomic E-state index is 0. The molecule has 1 fully saturated rings. The van der Waals surface area contributed by atoms with E-state index < -0.39 is 0 Å². The molecule has 4 nitrogen and oxygen atoms in total. The summed E-state index contributed by atoms with van der Waals surface area (Å²) in [4.78, 5) is 6.61. The topological polar surface area (TPSA) is 36.9 Å². The van der Waals surface area contributed by atoms with Gasteiger partial charge in [-0.05, 0) is 38.0 Å². The van der Waals surface area contributed by atoms with Gasteiger partial charge in [0.05, 0.1) is 19.3 Å². The van der Waals surface area contributed by atoms with Crippen molar-refractivity contribution < 1.29 is 13.5 Å². The number of hydrogen-bond donors (Lipinski definition) is 1. The summed E-state index contributed by atoms with van der Waals surface area (Å²) >= 11 is 0. The van der Waals surface area contributed by atoms with E-state index in [1.54, 1.807) is 12.1 Å².